The smallest absolute Gasteiger partial charge is 0.354 e. The molecule has 0 unspecified atom stereocenters. The Morgan fingerprint density at radius 1 is 1.23 bits per heavy atom. The molecule has 1 aromatic carbocycles. The van der Waals surface area contributed by atoms with Crippen molar-refractivity contribution in [1.29, 1.82) is 0 Å². The van der Waals surface area contributed by atoms with Gasteiger partial charge in [-0.25, -0.2) is 9.97 Å². The second-order valence-corrected chi connectivity index (χ2v) is 4.93. The fourth-order valence-electron chi connectivity index (χ4n) is 1.62. The van der Waals surface area contributed by atoms with Crippen molar-refractivity contribution in [2.24, 2.45) is 0 Å². The van der Waals surface area contributed by atoms with Crippen LogP contribution in [0.4, 0.5) is 17.3 Å². The monoisotopic (exact) mass is 366 g/mol. The number of anilines is 2. The van der Waals surface area contributed by atoms with Crippen LogP contribution in [0.5, 0.6) is 0 Å². The van der Waals surface area contributed by atoms with Gasteiger partial charge in [-0.1, -0.05) is 15.9 Å². The highest BCUT2D eigenvalue weighted by Crippen LogP contribution is 2.27. The predicted octanol–water partition coefficient (Wildman–Crippen LogP) is 1.95. The van der Waals surface area contributed by atoms with Gasteiger partial charge in [-0.05, 0) is 24.3 Å². The molecular weight excluding hydrogens is 356 g/mol. The number of aromatic nitrogens is 2. The van der Waals surface area contributed by atoms with Crippen molar-refractivity contribution < 1.29 is 9.72 Å². The summed E-state index contributed by atoms with van der Waals surface area (Å²) in [5, 5.41) is 13.7. The summed E-state index contributed by atoms with van der Waals surface area (Å²) < 4.78 is 0.835. The molecule has 0 aliphatic carbocycles. The first kappa shape index (κ1) is 15.6. The van der Waals surface area contributed by atoms with Gasteiger partial charge in [0.15, 0.2) is 0 Å². The fourth-order valence-corrected chi connectivity index (χ4v) is 1.88. The van der Waals surface area contributed by atoms with Crippen LogP contribution >= 0.6 is 15.9 Å². The van der Waals surface area contributed by atoms with Gasteiger partial charge < -0.3 is 5.32 Å². The quantitative estimate of drug-likeness (QED) is 0.545. The molecule has 114 valence electrons. The molecule has 10 heteroatoms. The van der Waals surface area contributed by atoms with Gasteiger partial charge in [-0.3, -0.25) is 25.8 Å². The molecule has 0 aliphatic heterocycles. The van der Waals surface area contributed by atoms with Gasteiger partial charge >= 0.3 is 5.69 Å². The molecule has 1 heterocycles. The lowest BCUT2D eigenvalue weighted by molar-refractivity contribution is -0.383. The summed E-state index contributed by atoms with van der Waals surface area (Å²) in [6.45, 7) is 0. The first-order chi connectivity index (χ1) is 10.5. The van der Waals surface area contributed by atoms with Crippen LogP contribution in [-0.2, 0) is 0 Å². The number of hydrogen-bond donors (Lipinski definition) is 3. The van der Waals surface area contributed by atoms with Crippen molar-refractivity contribution >= 4 is 39.2 Å². The van der Waals surface area contributed by atoms with Crippen LogP contribution in [0.15, 0.2) is 35.1 Å². The van der Waals surface area contributed by atoms with E-state index >= 15 is 0 Å². The molecule has 0 atom stereocenters. The van der Waals surface area contributed by atoms with E-state index < -0.39 is 10.8 Å². The molecule has 0 bridgehead atoms. The van der Waals surface area contributed by atoms with Crippen molar-refractivity contribution in [3.05, 3.63) is 50.7 Å². The molecule has 1 aromatic heterocycles. The molecule has 3 N–H and O–H groups in total. The van der Waals surface area contributed by atoms with Gasteiger partial charge in [0.05, 0.1) is 4.92 Å². The third-order valence-electron chi connectivity index (χ3n) is 2.64. The Kier molecular flexibility index (Phi) is 4.84. The Morgan fingerprint density at radius 3 is 2.45 bits per heavy atom. The zero-order valence-corrected chi connectivity index (χ0v) is 12.9. The van der Waals surface area contributed by atoms with Crippen molar-refractivity contribution in [2.75, 3.05) is 17.8 Å². The van der Waals surface area contributed by atoms with E-state index in [-0.39, 0.29) is 17.3 Å². The van der Waals surface area contributed by atoms with E-state index in [4.69, 9.17) is 0 Å². The highest BCUT2D eigenvalue weighted by molar-refractivity contribution is 9.10. The number of hydrazine groups is 1. The summed E-state index contributed by atoms with van der Waals surface area (Å²) >= 11 is 3.27. The van der Waals surface area contributed by atoms with Gasteiger partial charge in [0.1, 0.15) is 6.33 Å². The van der Waals surface area contributed by atoms with Crippen LogP contribution in [-0.4, -0.2) is 27.8 Å². The highest BCUT2D eigenvalue weighted by atomic mass is 79.9. The number of hydrogen-bond acceptors (Lipinski definition) is 7. The molecule has 0 aliphatic rings. The largest absolute Gasteiger partial charge is 0.367 e. The molecule has 9 nitrogen and oxygen atoms in total. The number of rotatable bonds is 5. The number of nitrogens with zero attached hydrogens (tertiary/aromatic N) is 3. The molecule has 0 fully saturated rings. The van der Waals surface area contributed by atoms with E-state index in [9.17, 15) is 14.9 Å². The number of carbonyl (C=O) groups is 1. The summed E-state index contributed by atoms with van der Waals surface area (Å²) in [5.74, 6) is -0.526. The Morgan fingerprint density at radius 2 is 1.86 bits per heavy atom. The Balaban J connectivity index is 2.16. The first-order valence-corrected chi connectivity index (χ1v) is 6.81. The lowest BCUT2D eigenvalue weighted by Gasteiger charge is -2.09. The number of amides is 1. The third kappa shape index (κ3) is 3.47. The predicted molar refractivity (Wildman–Crippen MR) is 83.5 cm³/mol. The first-order valence-electron chi connectivity index (χ1n) is 6.02. The van der Waals surface area contributed by atoms with Crippen LogP contribution in [0.2, 0.25) is 0 Å². The van der Waals surface area contributed by atoms with Crippen LogP contribution < -0.4 is 16.2 Å². The molecular formula is C12H11BrN6O3. The topological polar surface area (TPSA) is 122 Å². The van der Waals surface area contributed by atoms with Gasteiger partial charge in [-0.2, -0.15) is 0 Å². The molecule has 22 heavy (non-hydrogen) atoms. The fraction of sp³-hybridized carbons (Fsp3) is 0.0833. The zero-order valence-electron chi connectivity index (χ0n) is 11.3. The molecule has 0 saturated heterocycles. The average Bonchev–Trinajstić information content (AvgIpc) is 2.52. The van der Waals surface area contributed by atoms with E-state index in [1.54, 1.807) is 24.3 Å². The van der Waals surface area contributed by atoms with Crippen molar-refractivity contribution in [1.82, 2.24) is 15.4 Å². The highest BCUT2D eigenvalue weighted by Gasteiger charge is 2.22. The number of benzene rings is 1. The van der Waals surface area contributed by atoms with Gasteiger partial charge in [0.2, 0.25) is 11.6 Å². The van der Waals surface area contributed by atoms with Crippen molar-refractivity contribution in [3.63, 3.8) is 0 Å². The maximum absolute atomic E-state index is 11.9. The Bertz CT molecular complexity index is 707. The van der Waals surface area contributed by atoms with E-state index in [1.807, 2.05) is 0 Å². The van der Waals surface area contributed by atoms with E-state index in [0.29, 0.717) is 5.56 Å². The lowest BCUT2D eigenvalue weighted by Crippen LogP contribution is -2.30. The lowest BCUT2D eigenvalue weighted by atomic mass is 10.2. The van der Waals surface area contributed by atoms with Crippen molar-refractivity contribution in [3.8, 4) is 0 Å². The van der Waals surface area contributed by atoms with E-state index in [2.05, 4.69) is 42.1 Å². The van der Waals surface area contributed by atoms with Crippen LogP contribution in [0.25, 0.3) is 0 Å². The van der Waals surface area contributed by atoms with Crippen molar-refractivity contribution in [2.45, 2.75) is 0 Å². The minimum atomic E-state index is -0.639. The minimum absolute atomic E-state index is 0.0420. The standard InChI is InChI=1S/C12H11BrN6O3/c1-14-10-9(19(21)22)11(16-6-15-10)17-18-12(20)7-2-4-8(13)5-3-7/h2-6H,1H3,(H,18,20)(H2,14,15,16,17). The maximum Gasteiger partial charge on any atom is 0.354 e. The summed E-state index contributed by atoms with van der Waals surface area (Å²) in [4.78, 5) is 29.9. The normalized spacial score (nSPS) is 9.91. The molecule has 0 saturated carbocycles. The number of halogens is 1. The summed E-state index contributed by atoms with van der Waals surface area (Å²) in [7, 11) is 1.50. The van der Waals surface area contributed by atoms with Gasteiger partial charge in [-0.15, -0.1) is 0 Å². The maximum atomic E-state index is 11.9. The second-order valence-electron chi connectivity index (χ2n) is 4.01. The number of nitro groups is 1. The van der Waals surface area contributed by atoms with Gasteiger partial charge in [0.25, 0.3) is 5.91 Å². The molecule has 0 radical (unpaired) electrons. The van der Waals surface area contributed by atoms with Crippen LogP contribution in [0, 0.1) is 10.1 Å². The van der Waals surface area contributed by atoms with E-state index in [1.165, 1.54) is 7.05 Å². The number of carbonyl (C=O) groups excluding carboxylic acids is 1. The van der Waals surface area contributed by atoms with E-state index in [0.717, 1.165) is 10.8 Å². The SMILES string of the molecule is CNc1ncnc(NNC(=O)c2ccc(Br)cc2)c1[N+](=O)[O-]. The van der Waals surface area contributed by atoms with Gasteiger partial charge in [0, 0.05) is 17.1 Å². The molecule has 2 rings (SSSR count). The molecule has 1 amide bonds. The van der Waals surface area contributed by atoms with Crippen LogP contribution in [0.1, 0.15) is 10.4 Å². The summed E-state index contributed by atoms with van der Waals surface area (Å²) in [6, 6.07) is 6.63. The number of nitrogens with one attached hydrogen (secondary N) is 3. The molecule has 0 spiro atoms. The van der Waals surface area contributed by atoms with Crippen LogP contribution in [0.3, 0.4) is 0 Å². The average molecular weight is 367 g/mol. The Labute approximate surface area is 133 Å². The summed E-state index contributed by atoms with van der Waals surface area (Å²) in [6.07, 6.45) is 1.15. The summed E-state index contributed by atoms with van der Waals surface area (Å²) in [5.41, 5.74) is 4.82. The zero-order chi connectivity index (χ0) is 16.1. The third-order valence-corrected chi connectivity index (χ3v) is 3.17. The minimum Gasteiger partial charge on any atom is -0.367 e. The second kappa shape index (κ2) is 6.80. The Hall–Kier alpha value is -2.75. The molecule has 2 aromatic rings.